The summed E-state index contributed by atoms with van der Waals surface area (Å²) in [6, 6.07) is 45.5. The number of methoxy groups -OCH3 is 6. The summed E-state index contributed by atoms with van der Waals surface area (Å²) in [4.78, 5) is 79.3. The van der Waals surface area contributed by atoms with Gasteiger partial charge in [0.2, 0.25) is 0 Å². The van der Waals surface area contributed by atoms with Gasteiger partial charge >= 0.3 is 53.0 Å². The van der Waals surface area contributed by atoms with Gasteiger partial charge in [0.25, 0.3) is 0 Å². The van der Waals surface area contributed by atoms with Crippen molar-refractivity contribution in [2.45, 2.75) is 51.4 Å². The van der Waals surface area contributed by atoms with Crippen LogP contribution in [0.1, 0.15) is 68.7 Å². The molecule has 0 atom stereocenters. The Morgan fingerprint density at radius 2 is 0.583 bits per heavy atom. The molecule has 0 amide bonds. The molecule has 0 bridgehead atoms. The normalized spacial score (nSPS) is 10.9. The van der Waals surface area contributed by atoms with Crippen LogP contribution in [-0.4, -0.2) is 78.5 Å². The molecule has 0 N–H and O–H groups in total. The van der Waals surface area contributed by atoms with Gasteiger partial charge in [0, 0.05) is 36.8 Å². The summed E-state index contributed by atoms with van der Waals surface area (Å²) >= 11 is 0. The third kappa shape index (κ3) is 15.2. The lowest BCUT2D eigenvalue weighted by atomic mass is 9.89. The van der Waals surface area contributed by atoms with Gasteiger partial charge in [0.15, 0.2) is 11.5 Å². The minimum atomic E-state index is -2.76. The molecule has 0 fully saturated rings. The van der Waals surface area contributed by atoms with Crippen LogP contribution < -0.4 is 27.1 Å². The maximum absolute atomic E-state index is 14.6. The first-order valence-electron chi connectivity index (χ1n) is 26.4. The zero-order chi connectivity index (χ0) is 59.5. The highest BCUT2D eigenvalue weighted by Gasteiger charge is 2.36. The summed E-state index contributed by atoms with van der Waals surface area (Å²) in [5, 5.41) is 2.02. The van der Waals surface area contributed by atoms with E-state index in [-0.39, 0.29) is 108 Å². The number of fused-ring (bicyclic) bond motifs is 2. The highest BCUT2D eigenvalue weighted by atomic mass is 31.2. The van der Waals surface area contributed by atoms with E-state index >= 15 is 0 Å². The van der Waals surface area contributed by atoms with Gasteiger partial charge in [-0.3, -0.25) is 19.2 Å². The summed E-state index contributed by atoms with van der Waals surface area (Å²) in [5.74, 6) is -2.69. The Labute approximate surface area is 487 Å². The second-order valence-electron chi connectivity index (χ2n) is 18.4. The Bertz CT molecular complexity index is 3310. The average molecular weight is 1180 g/mol. The third-order valence-electron chi connectivity index (χ3n) is 13.3. The van der Waals surface area contributed by atoms with E-state index in [1.165, 1.54) is 42.7 Å². The van der Waals surface area contributed by atoms with Crippen molar-refractivity contribution in [2.75, 3.05) is 42.7 Å². The largest absolute Gasteiger partial charge is 0.530 e. The molecule has 0 heterocycles. The number of carbonyl (C=O) groups is 6. The van der Waals surface area contributed by atoms with Crippen LogP contribution in [0.15, 0.2) is 158 Å². The van der Waals surface area contributed by atoms with E-state index in [4.69, 9.17) is 55.6 Å². The van der Waals surface area contributed by atoms with Gasteiger partial charge in [0.1, 0.15) is 34.1 Å². The number of rotatable bonds is 27. The molecule has 0 unspecified atom stereocenters. The van der Waals surface area contributed by atoms with Crippen LogP contribution >= 0.6 is 17.2 Å². The van der Waals surface area contributed by atoms with Crippen molar-refractivity contribution in [2.24, 2.45) is 0 Å². The zero-order valence-corrected chi connectivity index (χ0v) is 48.7. The van der Waals surface area contributed by atoms with Gasteiger partial charge in [-0.15, -0.1) is 0 Å². The molecule has 0 aliphatic rings. The molecule has 8 aromatic rings. The fraction of sp³-hybridized carbons (Fsp3) is 0.219. The Hall–Kier alpha value is -9.24. The standard InChI is InChI=1S/C64H60O18P2/c1-71-55(65)35-31-41-19-9-15-27-51(41)77-83(78-52-28-16-10-20-42(52)32-36-56(66)72-2)81-61-49(63(69)75-5)39-45-23-7-13-25-47(45)59(61)60-48-26-14-8-24-46(48)40-50(64(70)76-6)62(60)82-84(79-53-29-17-11-21-43(53)33-37-57(67)73-3)80-54-30-18-12-22-44(54)34-38-58(68)74-4/h7-30,39-40H,31-38H2,1-6H3. The molecule has 0 aliphatic carbocycles. The SMILES string of the molecule is COC(=O)CCc1ccccc1OP(Oc1ccccc1CCC(=O)OC)Oc1c(C(=O)OC)cc2ccccc2c1-c1c(OP(Oc2ccccc2CCC(=O)OC)Oc2ccccc2CCC(=O)OC)c(C(=O)OC)cc2ccccc12. The van der Waals surface area contributed by atoms with E-state index < -0.39 is 53.0 Å². The Kier molecular flexibility index (Phi) is 21.5. The molecule has 8 rings (SSSR count). The number of para-hydroxylation sites is 4. The first kappa shape index (κ1) is 60.8. The van der Waals surface area contributed by atoms with Crippen molar-refractivity contribution in [1.82, 2.24) is 0 Å². The monoisotopic (exact) mass is 1180 g/mol. The summed E-state index contributed by atoms with van der Waals surface area (Å²) < 4.78 is 72.5. The molecule has 0 spiro atoms. The maximum Gasteiger partial charge on any atom is 0.530 e. The molecule has 0 aliphatic heterocycles. The highest BCUT2D eigenvalue weighted by Crippen LogP contribution is 2.56. The molecule has 18 nitrogen and oxygen atoms in total. The van der Waals surface area contributed by atoms with E-state index in [0.29, 0.717) is 43.8 Å². The lowest BCUT2D eigenvalue weighted by molar-refractivity contribution is -0.141. The van der Waals surface area contributed by atoms with Crippen LogP contribution in [0.5, 0.6) is 34.5 Å². The smallest absolute Gasteiger partial charge is 0.469 e. The molecule has 0 saturated heterocycles. The third-order valence-corrected chi connectivity index (χ3v) is 15.3. The summed E-state index contributed by atoms with van der Waals surface area (Å²) in [7, 11) is 2.13. The van der Waals surface area contributed by atoms with E-state index in [0.717, 1.165) is 0 Å². The van der Waals surface area contributed by atoms with E-state index in [2.05, 4.69) is 0 Å². The van der Waals surface area contributed by atoms with Crippen LogP contribution in [0, 0.1) is 0 Å². The molecular weight excluding hydrogens is 1120 g/mol. The Morgan fingerprint density at radius 1 is 0.321 bits per heavy atom. The van der Waals surface area contributed by atoms with Crippen LogP contribution in [-0.2, 0) is 73.3 Å². The van der Waals surface area contributed by atoms with Gasteiger partial charge in [0.05, 0.1) is 42.7 Å². The molecule has 8 aromatic carbocycles. The van der Waals surface area contributed by atoms with Crippen LogP contribution in [0.3, 0.4) is 0 Å². The molecule has 434 valence electrons. The van der Waals surface area contributed by atoms with Crippen molar-refractivity contribution in [3.05, 3.63) is 191 Å². The number of carbonyl (C=O) groups excluding carboxylic acids is 6. The quantitative estimate of drug-likeness (QED) is 0.0266. The number of hydrogen-bond donors (Lipinski definition) is 0. The molecule has 84 heavy (non-hydrogen) atoms. The van der Waals surface area contributed by atoms with Crippen LogP contribution in [0.2, 0.25) is 0 Å². The first-order valence-corrected chi connectivity index (χ1v) is 28.6. The fourth-order valence-corrected chi connectivity index (χ4v) is 11.3. The Balaban J connectivity index is 1.41. The second kappa shape index (κ2) is 29.7. The molecule has 0 radical (unpaired) electrons. The van der Waals surface area contributed by atoms with E-state index in [1.54, 1.807) is 158 Å². The summed E-state index contributed by atoms with van der Waals surface area (Å²) in [5.41, 5.74) is 2.54. The number of esters is 6. The molecular formula is C64H60O18P2. The van der Waals surface area contributed by atoms with Gasteiger partial charge in [-0.2, -0.15) is 0 Å². The predicted octanol–water partition coefficient (Wildman–Crippen LogP) is 13.2. The minimum Gasteiger partial charge on any atom is -0.469 e. The molecule has 20 heteroatoms. The van der Waals surface area contributed by atoms with E-state index in [9.17, 15) is 28.8 Å². The zero-order valence-electron chi connectivity index (χ0n) is 46.9. The van der Waals surface area contributed by atoms with Crippen molar-refractivity contribution < 1.29 is 84.3 Å². The lowest BCUT2D eigenvalue weighted by Crippen LogP contribution is -2.13. The predicted molar refractivity (Wildman–Crippen MR) is 314 cm³/mol. The number of ether oxygens (including phenoxy) is 6. The first-order chi connectivity index (χ1) is 40.9. The average Bonchev–Trinajstić information content (AvgIpc) is 1.29. The topological polar surface area (TPSA) is 213 Å². The molecule has 0 saturated carbocycles. The van der Waals surface area contributed by atoms with Gasteiger partial charge in [-0.25, -0.2) is 9.59 Å². The number of benzene rings is 8. The highest BCUT2D eigenvalue weighted by molar-refractivity contribution is 7.43. The van der Waals surface area contributed by atoms with Gasteiger partial charge < -0.3 is 55.6 Å². The van der Waals surface area contributed by atoms with Crippen molar-refractivity contribution in [1.29, 1.82) is 0 Å². The second-order valence-corrected chi connectivity index (χ2v) is 20.4. The van der Waals surface area contributed by atoms with Gasteiger partial charge in [-0.05, 0) is 106 Å². The fourth-order valence-electron chi connectivity index (χ4n) is 9.00. The van der Waals surface area contributed by atoms with Crippen LogP contribution in [0.4, 0.5) is 0 Å². The van der Waals surface area contributed by atoms with Crippen LogP contribution in [0.25, 0.3) is 32.7 Å². The van der Waals surface area contributed by atoms with Crippen molar-refractivity contribution in [3.63, 3.8) is 0 Å². The van der Waals surface area contributed by atoms with Crippen molar-refractivity contribution in [3.8, 4) is 45.6 Å². The number of aryl methyl sites for hydroxylation is 4. The summed E-state index contributed by atoms with van der Waals surface area (Å²) in [6.45, 7) is 0. The van der Waals surface area contributed by atoms with Gasteiger partial charge in [-0.1, -0.05) is 121 Å². The van der Waals surface area contributed by atoms with Crippen molar-refractivity contribution >= 4 is 74.6 Å². The van der Waals surface area contributed by atoms with E-state index in [1.807, 2.05) is 0 Å². The minimum absolute atomic E-state index is 0.00863. The Morgan fingerprint density at radius 3 is 0.857 bits per heavy atom. The molecule has 0 aromatic heterocycles. The summed E-state index contributed by atoms with van der Waals surface area (Å²) in [6.07, 6.45) is 0.820. The lowest BCUT2D eigenvalue weighted by Gasteiger charge is -2.26. The maximum atomic E-state index is 14.6. The number of hydrogen-bond acceptors (Lipinski definition) is 18.